The van der Waals surface area contributed by atoms with E-state index in [1.54, 1.807) is 25.3 Å². The summed E-state index contributed by atoms with van der Waals surface area (Å²) in [6.07, 6.45) is 0.958. The molecule has 0 spiro atoms. The van der Waals surface area contributed by atoms with Gasteiger partial charge in [0.05, 0.1) is 14.2 Å². The third-order valence-corrected chi connectivity index (χ3v) is 3.51. The van der Waals surface area contributed by atoms with Gasteiger partial charge in [0.15, 0.2) is 0 Å². The third kappa shape index (κ3) is 4.65. The van der Waals surface area contributed by atoms with Gasteiger partial charge in [-0.15, -0.1) is 0 Å². The van der Waals surface area contributed by atoms with Gasteiger partial charge in [-0.1, -0.05) is 19.1 Å². The minimum Gasteiger partial charge on any atom is -0.497 e. The second kappa shape index (κ2) is 8.82. The van der Waals surface area contributed by atoms with E-state index in [-0.39, 0.29) is 0 Å². The molecule has 0 fully saturated rings. The molecule has 0 atom stereocenters. The fourth-order valence-electron chi connectivity index (χ4n) is 2.19. The summed E-state index contributed by atoms with van der Waals surface area (Å²) in [5.41, 5.74) is 1.57. The van der Waals surface area contributed by atoms with Gasteiger partial charge in [0.1, 0.15) is 36.0 Å². The zero-order chi connectivity index (χ0) is 17.4. The zero-order valence-electron chi connectivity index (χ0n) is 14.2. The topological polar surface area (TPSA) is 54.0 Å². The lowest BCUT2D eigenvalue weighted by molar-refractivity contribution is 0.0595. The van der Waals surface area contributed by atoms with Crippen LogP contribution in [-0.2, 0) is 11.2 Å². The second-order valence-electron chi connectivity index (χ2n) is 5.05. The Kier molecular flexibility index (Phi) is 6.49. The van der Waals surface area contributed by atoms with Crippen molar-refractivity contribution in [1.82, 2.24) is 0 Å². The normalized spacial score (nSPS) is 10.1. The van der Waals surface area contributed by atoms with E-state index in [4.69, 9.17) is 18.9 Å². The highest BCUT2D eigenvalue weighted by atomic mass is 16.5. The molecule has 0 heterocycles. The molecular weight excluding hydrogens is 308 g/mol. The smallest absolute Gasteiger partial charge is 0.341 e. The molecule has 2 aromatic carbocycles. The second-order valence-corrected chi connectivity index (χ2v) is 5.05. The van der Waals surface area contributed by atoms with Crippen LogP contribution in [0.1, 0.15) is 22.8 Å². The molecule has 0 aliphatic carbocycles. The highest BCUT2D eigenvalue weighted by Crippen LogP contribution is 2.25. The number of hydrogen-bond donors (Lipinski definition) is 0. The molecule has 24 heavy (non-hydrogen) atoms. The van der Waals surface area contributed by atoms with Crippen LogP contribution in [0.2, 0.25) is 0 Å². The number of carbonyl (C=O) groups is 1. The van der Waals surface area contributed by atoms with Gasteiger partial charge in [0, 0.05) is 6.07 Å². The third-order valence-electron chi connectivity index (χ3n) is 3.51. The molecule has 0 amide bonds. The van der Waals surface area contributed by atoms with Crippen LogP contribution in [0.25, 0.3) is 0 Å². The van der Waals surface area contributed by atoms with Crippen molar-refractivity contribution in [2.75, 3.05) is 27.4 Å². The van der Waals surface area contributed by atoms with E-state index in [0.29, 0.717) is 30.3 Å². The van der Waals surface area contributed by atoms with Gasteiger partial charge >= 0.3 is 5.97 Å². The molecule has 2 rings (SSSR count). The maximum absolute atomic E-state index is 11.8. The Morgan fingerprint density at radius 2 is 1.75 bits per heavy atom. The highest BCUT2D eigenvalue weighted by Gasteiger charge is 2.14. The number of hydrogen-bond acceptors (Lipinski definition) is 5. The molecule has 0 radical (unpaired) electrons. The first-order chi connectivity index (χ1) is 11.7. The van der Waals surface area contributed by atoms with Crippen molar-refractivity contribution in [3.05, 3.63) is 53.6 Å². The minimum atomic E-state index is -0.454. The van der Waals surface area contributed by atoms with Gasteiger partial charge in [0.2, 0.25) is 0 Å². The predicted octanol–water partition coefficient (Wildman–Crippen LogP) is 3.50. The first-order valence-electron chi connectivity index (χ1n) is 7.78. The van der Waals surface area contributed by atoms with Crippen LogP contribution in [0.3, 0.4) is 0 Å². The van der Waals surface area contributed by atoms with E-state index >= 15 is 0 Å². The molecule has 0 saturated heterocycles. The first-order valence-corrected chi connectivity index (χ1v) is 7.78. The van der Waals surface area contributed by atoms with Crippen LogP contribution in [0.4, 0.5) is 0 Å². The van der Waals surface area contributed by atoms with E-state index in [0.717, 1.165) is 12.2 Å². The van der Waals surface area contributed by atoms with Crippen molar-refractivity contribution in [1.29, 1.82) is 0 Å². The summed E-state index contributed by atoms with van der Waals surface area (Å²) in [6, 6.07) is 12.9. The number of aryl methyl sites for hydroxylation is 1. The Morgan fingerprint density at radius 1 is 0.958 bits per heavy atom. The lowest BCUT2D eigenvalue weighted by Crippen LogP contribution is -2.12. The van der Waals surface area contributed by atoms with Crippen molar-refractivity contribution in [2.45, 2.75) is 13.3 Å². The molecular formula is C19H22O5. The van der Waals surface area contributed by atoms with Crippen LogP contribution in [-0.4, -0.2) is 33.4 Å². The summed E-state index contributed by atoms with van der Waals surface area (Å²) in [7, 11) is 2.89. The van der Waals surface area contributed by atoms with Gasteiger partial charge in [-0.05, 0) is 36.2 Å². The maximum Gasteiger partial charge on any atom is 0.341 e. The maximum atomic E-state index is 11.8. The van der Waals surface area contributed by atoms with Crippen LogP contribution < -0.4 is 14.2 Å². The standard InChI is InChI=1S/C19H22O5/c1-4-14-6-5-7-16(12-14)23-10-11-24-18-13-15(21-2)8-9-17(18)19(20)22-3/h5-9,12-13H,4,10-11H2,1-3H3. The van der Waals surface area contributed by atoms with Crippen molar-refractivity contribution in [3.63, 3.8) is 0 Å². The Balaban J connectivity index is 1.96. The van der Waals surface area contributed by atoms with Crippen LogP contribution in [0.15, 0.2) is 42.5 Å². The quantitative estimate of drug-likeness (QED) is 0.548. The molecule has 2 aromatic rings. The SMILES string of the molecule is CCc1cccc(OCCOc2cc(OC)ccc2C(=O)OC)c1. The highest BCUT2D eigenvalue weighted by molar-refractivity contribution is 5.92. The van der Waals surface area contributed by atoms with E-state index in [1.807, 2.05) is 18.2 Å². The minimum absolute atomic E-state index is 0.299. The predicted molar refractivity (Wildman–Crippen MR) is 91.1 cm³/mol. The molecule has 0 aliphatic rings. The van der Waals surface area contributed by atoms with Crippen molar-refractivity contribution >= 4 is 5.97 Å². The number of esters is 1. The molecule has 0 unspecified atom stereocenters. The average Bonchev–Trinajstić information content (AvgIpc) is 2.64. The van der Waals surface area contributed by atoms with Crippen molar-refractivity contribution in [3.8, 4) is 17.2 Å². The lowest BCUT2D eigenvalue weighted by Gasteiger charge is -2.12. The number of rotatable bonds is 8. The summed E-state index contributed by atoms with van der Waals surface area (Å²) in [4.78, 5) is 11.8. The van der Waals surface area contributed by atoms with Crippen molar-refractivity contribution < 1.29 is 23.7 Å². The summed E-state index contributed by atoms with van der Waals surface area (Å²) < 4.78 is 21.3. The molecule has 0 aromatic heterocycles. The number of benzene rings is 2. The molecule has 5 heteroatoms. The Labute approximate surface area is 142 Å². The number of methoxy groups -OCH3 is 2. The average molecular weight is 330 g/mol. The number of carbonyl (C=O) groups excluding carboxylic acids is 1. The largest absolute Gasteiger partial charge is 0.497 e. The van der Waals surface area contributed by atoms with Gasteiger partial charge < -0.3 is 18.9 Å². The van der Waals surface area contributed by atoms with Crippen LogP contribution in [0.5, 0.6) is 17.2 Å². The van der Waals surface area contributed by atoms with Gasteiger partial charge in [-0.2, -0.15) is 0 Å². The van der Waals surface area contributed by atoms with Gasteiger partial charge in [-0.3, -0.25) is 0 Å². The number of ether oxygens (including phenoxy) is 4. The first kappa shape index (κ1) is 17.7. The Bertz CT molecular complexity index is 681. The van der Waals surface area contributed by atoms with E-state index < -0.39 is 5.97 Å². The summed E-state index contributed by atoms with van der Waals surface area (Å²) >= 11 is 0. The lowest BCUT2D eigenvalue weighted by atomic mass is 10.2. The van der Waals surface area contributed by atoms with E-state index in [9.17, 15) is 4.79 Å². The molecule has 0 N–H and O–H groups in total. The van der Waals surface area contributed by atoms with Crippen molar-refractivity contribution in [2.24, 2.45) is 0 Å². The molecule has 5 nitrogen and oxygen atoms in total. The van der Waals surface area contributed by atoms with Gasteiger partial charge in [0.25, 0.3) is 0 Å². The molecule has 0 bridgehead atoms. The summed E-state index contributed by atoms with van der Waals surface area (Å²) in [6.45, 7) is 2.76. The van der Waals surface area contributed by atoms with E-state index in [1.165, 1.54) is 12.7 Å². The van der Waals surface area contributed by atoms with Gasteiger partial charge in [-0.25, -0.2) is 4.79 Å². The molecule has 0 saturated carbocycles. The monoisotopic (exact) mass is 330 g/mol. The van der Waals surface area contributed by atoms with Crippen LogP contribution >= 0.6 is 0 Å². The van der Waals surface area contributed by atoms with E-state index in [2.05, 4.69) is 13.0 Å². The fraction of sp³-hybridized carbons (Fsp3) is 0.316. The fourth-order valence-corrected chi connectivity index (χ4v) is 2.19. The zero-order valence-corrected chi connectivity index (χ0v) is 14.2. The molecule has 128 valence electrons. The Hall–Kier alpha value is -2.69. The summed E-state index contributed by atoms with van der Waals surface area (Å²) in [5.74, 6) is 1.36. The van der Waals surface area contributed by atoms with Crippen LogP contribution in [0, 0.1) is 0 Å². The Morgan fingerprint density at radius 3 is 2.46 bits per heavy atom. The molecule has 0 aliphatic heterocycles. The summed E-state index contributed by atoms with van der Waals surface area (Å²) in [5, 5.41) is 0.